The molecule has 0 N–H and O–H groups in total. The second-order valence-corrected chi connectivity index (χ2v) is 5.40. The lowest BCUT2D eigenvalue weighted by Gasteiger charge is -2.09. The number of aryl methyl sites for hydroxylation is 2. The standard InChI is InChI=1S/C16H15BrO/c1-11-5-3-6-12(2)15(11)10-16(18)13-7-4-8-14(17)9-13/h3-9H,10H2,1-2H3. The third-order valence-electron chi connectivity index (χ3n) is 3.13. The van der Waals surface area contributed by atoms with Crippen molar-refractivity contribution in [3.05, 3.63) is 69.2 Å². The van der Waals surface area contributed by atoms with Gasteiger partial charge in [-0.05, 0) is 42.7 Å². The summed E-state index contributed by atoms with van der Waals surface area (Å²) in [4.78, 5) is 12.2. The zero-order valence-electron chi connectivity index (χ0n) is 10.5. The highest BCUT2D eigenvalue weighted by atomic mass is 79.9. The zero-order valence-corrected chi connectivity index (χ0v) is 12.1. The molecule has 18 heavy (non-hydrogen) atoms. The monoisotopic (exact) mass is 302 g/mol. The lowest BCUT2D eigenvalue weighted by Crippen LogP contribution is -2.06. The van der Waals surface area contributed by atoms with Crippen molar-refractivity contribution in [3.63, 3.8) is 0 Å². The predicted octanol–water partition coefficient (Wildman–Crippen LogP) is 4.49. The molecule has 0 bridgehead atoms. The predicted molar refractivity (Wildman–Crippen MR) is 78.1 cm³/mol. The first-order chi connectivity index (χ1) is 8.58. The van der Waals surface area contributed by atoms with Gasteiger partial charge >= 0.3 is 0 Å². The molecule has 0 spiro atoms. The molecule has 0 aliphatic carbocycles. The van der Waals surface area contributed by atoms with Crippen LogP contribution < -0.4 is 0 Å². The van der Waals surface area contributed by atoms with Gasteiger partial charge < -0.3 is 0 Å². The topological polar surface area (TPSA) is 17.1 Å². The molecule has 92 valence electrons. The number of ketones is 1. The van der Waals surface area contributed by atoms with Gasteiger partial charge in [0.1, 0.15) is 0 Å². The van der Waals surface area contributed by atoms with E-state index in [4.69, 9.17) is 0 Å². The van der Waals surface area contributed by atoms with Gasteiger partial charge in [-0.1, -0.05) is 46.3 Å². The molecule has 0 fully saturated rings. The molecule has 2 aromatic carbocycles. The van der Waals surface area contributed by atoms with E-state index < -0.39 is 0 Å². The minimum Gasteiger partial charge on any atom is -0.294 e. The first-order valence-electron chi connectivity index (χ1n) is 5.92. The van der Waals surface area contributed by atoms with Crippen LogP contribution in [-0.4, -0.2) is 5.78 Å². The Bertz CT molecular complexity index is 567. The van der Waals surface area contributed by atoms with Crippen molar-refractivity contribution in [2.45, 2.75) is 20.3 Å². The molecule has 2 rings (SSSR count). The first-order valence-corrected chi connectivity index (χ1v) is 6.71. The maximum Gasteiger partial charge on any atom is 0.167 e. The van der Waals surface area contributed by atoms with E-state index >= 15 is 0 Å². The second-order valence-electron chi connectivity index (χ2n) is 4.48. The van der Waals surface area contributed by atoms with Crippen LogP contribution in [0, 0.1) is 13.8 Å². The number of rotatable bonds is 3. The molecule has 0 saturated carbocycles. The number of carbonyl (C=O) groups excluding carboxylic acids is 1. The SMILES string of the molecule is Cc1cccc(C)c1CC(=O)c1cccc(Br)c1. The van der Waals surface area contributed by atoms with Crippen molar-refractivity contribution in [1.82, 2.24) is 0 Å². The number of hydrogen-bond acceptors (Lipinski definition) is 1. The highest BCUT2D eigenvalue weighted by molar-refractivity contribution is 9.10. The third-order valence-corrected chi connectivity index (χ3v) is 3.62. The van der Waals surface area contributed by atoms with E-state index in [1.807, 2.05) is 30.3 Å². The quantitative estimate of drug-likeness (QED) is 0.763. The van der Waals surface area contributed by atoms with Gasteiger partial charge in [-0.15, -0.1) is 0 Å². The summed E-state index contributed by atoms with van der Waals surface area (Å²) in [6, 6.07) is 13.7. The Labute approximate surface area is 116 Å². The molecule has 0 aliphatic heterocycles. The van der Waals surface area contributed by atoms with E-state index in [-0.39, 0.29) is 5.78 Å². The van der Waals surface area contributed by atoms with Crippen molar-refractivity contribution in [2.75, 3.05) is 0 Å². The van der Waals surface area contributed by atoms with E-state index in [1.54, 1.807) is 0 Å². The molecule has 0 radical (unpaired) electrons. The molecule has 0 saturated heterocycles. The van der Waals surface area contributed by atoms with Crippen molar-refractivity contribution in [1.29, 1.82) is 0 Å². The Morgan fingerprint density at radius 2 is 1.67 bits per heavy atom. The normalized spacial score (nSPS) is 10.4. The summed E-state index contributed by atoms with van der Waals surface area (Å²) in [5, 5.41) is 0. The van der Waals surface area contributed by atoms with Crippen molar-refractivity contribution >= 4 is 21.7 Å². The van der Waals surface area contributed by atoms with Gasteiger partial charge in [0.2, 0.25) is 0 Å². The van der Waals surface area contributed by atoms with Crippen LogP contribution in [-0.2, 0) is 6.42 Å². The largest absolute Gasteiger partial charge is 0.294 e. The molecule has 0 atom stereocenters. The van der Waals surface area contributed by atoms with E-state index in [0.29, 0.717) is 6.42 Å². The molecule has 0 amide bonds. The minimum atomic E-state index is 0.161. The average molecular weight is 303 g/mol. The highest BCUT2D eigenvalue weighted by Gasteiger charge is 2.10. The van der Waals surface area contributed by atoms with Crippen LogP contribution in [0.3, 0.4) is 0 Å². The van der Waals surface area contributed by atoms with Gasteiger partial charge in [0.05, 0.1) is 0 Å². The van der Waals surface area contributed by atoms with E-state index in [9.17, 15) is 4.79 Å². The van der Waals surface area contributed by atoms with Gasteiger partial charge in [0.25, 0.3) is 0 Å². The molecule has 2 heteroatoms. The van der Waals surface area contributed by atoms with Gasteiger partial charge in [0, 0.05) is 16.5 Å². The Balaban J connectivity index is 2.27. The molecule has 0 unspecified atom stereocenters. The average Bonchev–Trinajstić information content (AvgIpc) is 2.34. The lowest BCUT2D eigenvalue weighted by molar-refractivity contribution is 0.0992. The molecule has 1 nitrogen and oxygen atoms in total. The fourth-order valence-electron chi connectivity index (χ4n) is 2.05. The smallest absolute Gasteiger partial charge is 0.167 e. The summed E-state index contributed by atoms with van der Waals surface area (Å²) in [6.07, 6.45) is 0.467. The second kappa shape index (κ2) is 5.49. The zero-order chi connectivity index (χ0) is 13.1. The summed E-state index contributed by atoms with van der Waals surface area (Å²) in [5.41, 5.74) is 4.26. The maximum atomic E-state index is 12.2. The van der Waals surface area contributed by atoms with Crippen LogP contribution in [0.4, 0.5) is 0 Å². The number of hydrogen-bond donors (Lipinski definition) is 0. The summed E-state index contributed by atoms with van der Waals surface area (Å²) in [5.74, 6) is 0.161. The fourth-order valence-corrected chi connectivity index (χ4v) is 2.45. The van der Waals surface area contributed by atoms with Crippen molar-refractivity contribution in [3.8, 4) is 0 Å². The Morgan fingerprint density at radius 1 is 1.06 bits per heavy atom. The molecular formula is C16H15BrO. The van der Waals surface area contributed by atoms with Crippen molar-refractivity contribution < 1.29 is 4.79 Å². The summed E-state index contributed by atoms with van der Waals surface area (Å²) in [7, 11) is 0. The Morgan fingerprint density at radius 3 is 2.28 bits per heavy atom. The lowest BCUT2D eigenvalue weighted by atomic mass is 9.96. The highest BCUT2D eigenvalue weighted by Crippen LogP contribution is 2.18. The number of benzene rings is 2. The number of Topliss-reactive ketones (excluding diaryl/α,β-unsaturated/α-hetero) is 1. The number of halogens is 1. The fraction of sp³-hybridized carbons (Fsp3) is 0.188. The van der Waals surface area contributed by atoms with Crippen LogP contribution in [0.25, 0.3) is 0 Å². The van der Waals surface area contributed by atoms with Gasteiger partial charge in [-0.3, -0.25) is 4.79 Å². The van der Waals surface area contributed by atoms with Crippen LogP contribution in [0.1, 0.15) is 27.0 Å². The van der Waals surface area contributed by atoms with Crippen LogP contribution in [0.15, 0.2) is 46.9 Å². The summed E-state index contributed by atoms with van der Waals surface area (Å²) < 4.78 is 0.940. The van der Waals surface area contributed by atoms with Gasteiger partial charge in [0.15, 0.2) is 5.78 Å². The van der Waals surface area contributed by atoms with E-state index in [1.165, 1.54) is 11.1 Å². The molecule has 0 heterocycles. The van der Waals surface area contributed by atoms with Crippen LogP contribution in [0.5, 0.6) is 0 Å². The number of carbonyl (C=O) groups is 1. The van der Waals surface area contributed by atoms with Crippen molar-refractivity contribution in [2.24, 2.45) is 0 Å². The first kappa shape index (κ1) is 13.0. The summed E-state index contributed by atoms with van der Waals surface area (Å²) >= 11 is 3.39. The third kappa shape index (κ3) is 2.88. The van der Waals surface area contributed by atoms with Crippen LogP contribution in [0.2, 0.25) is 0 Å². The molecule has 0 aliphatic rings. The van der Waals surface area contributed by atoms with E-state index in [0.717, 1.165) is 15.6 Å². The molecule has 2 aromatic rings. The Hall–Kier alpha value is -1.41. The maximum absolute atomic E-state index is 12.2. The van der Waals surface area contributed by atoms with E-state index in [2.05, 4.69) is 41.9 Å². The molecular weight excluding hydrogens is 288 g/mol. The van der Waals surface area contributed by atoms with Gasteiger partial charge in [-0.2, -0.15) is 0 Å². The van der Waals surface area contributed by atoms with Gasteiger partial charge in [-0.25, -0.2) is 0 Å². The molecule has 0 aromatic heterocycles. The van der Waals surface area contributed by atoms with Crippen LogP contribution >= 0.6 is 15.9 Å². The summed E-state index contributed by atoms with van der Waals surface area (Å²) in [6.45, 7) is 4.10. The Kier molecular flexibility index (Phi) is 3.97. The minimum absolute atomic E-state index is 0.161.